The number of halogens is 1. The molecule has 1 aromatic heterocycles. The van der Waals surface area contributed by atoms with Gasteiger partial charge in [-0.25, -0.2) is 18.6 Å². The fraction of sp³-hybridized carbons (Fsp3) is 0.250. The molecule has 0 amide bonds. The van der Waals surface area contributed by atoms with Crippen LogP contribution in [0.3, 0.4) is 0 Å². The molecular formula is C16H20ClN3O4. The summed E-state index contributed by atoms with van der Waals surface area (Å²) in [6, 6.07) is 12.4. The zero-order chi connectivity index (χ0) is 18.3. The second-order valence-corrected chi connectivity index (χ2v) is 5.99. The van der Waals surface area contributed by atoms with Gasteiger partial charge in [-0.15, -0.1) is 10.2 Å². The molecule has 8 heteroatoms. The van der Waals surface area contributed by atoms with Crippen LogP contribution in [0.4, 0.5) is 5.69 Å². The Balaban J connectivity index is 0.000000505. The number of benzene rings is 1. The van der Waals surface area contributed by atoms with Crippen molar-refractivity contribution in [1.29, 1.82) is 0 Å². The van der Waals surface area contributed by atoms with Gasteiger partial charge in [0, 0.05) is 38.3 Å². The van der Waals surface area contributed by atoms with E-state index in [1.807, 2.05) is 37.2 Å². The highest BCUT2D eigenvalue weighted by Gasteiger charge is 2.06. The Bertz CT molecular complexity index is 677. The van der Waals surface area contributed by atoms with Crippen molar-refractivity contribution in [3.05, 3.63) is 59.4 Å². The first-order valence-corrected chi connectivity index (χ1v) is 8.23. The second-order valence-electron chi connectivity index (χ2n) is 5.23. The molecule has 2 aromatic rings. The van der Waals surface area contributed by atoms with Crippen LogP contribution in [-0.4, -0.2) is 20.3 Å². The maximum absolute atomic E-state index is 8.49. The van der Waals surface area contributed by atoms with E-state index in [-0.39, 0.29) is 0 Å². The number of hydrogen-bond acceptors (Lipinski definition) is 6. The summed E-state index contributed by atoms with van der Waals surface area (Å²) in [6.07, 6.45) is 3.85. The van der Waals surface area contributed by atoms with Gasteiger partial charge >= 0.3 is 0 Å². The minimum atomic E-state index is -4.94. The Morgan fingerprint density at radius 1 is 1.00 bits per heavy atom. The molecule has 0 aliphatic heterocycles. The zero-order valence-corrected chi connectivity index (χ0v) is 14.7. The van der Waals surface area contributed by atoms with Crippen LogP contribution >= 0.6 is 0 Å². The Kier molecular flexibility index (Phi) is 7.27. The van der Waals surface area contributed by atoms with Gasteiger partial charge in [-0.3, -0.25) is 0 Å². The highest BCUT2D eigenvalue weighted by atomic mass is 35.7. The fourth-order valence-corrected chi connectivity index (χ4v) is 1.79. The molecule has 130 valence electrons. The smallest absolute Gasteiger partial charge is 0.214 e. The summed E-state index contributed by atoms with van der Waals surface area (Å²) >= 11 is 0. The molecule has 0 saturated heterocycles. The van der Waals surface area contributed by atoms with Crippen LogP contribution in [0.1, 0.15) is 16.8 Å². The predicted molar refractivity (Wildman–Crippen MR) is 79.9 cm³/mol. The lowest BCUT2D eigenvalue weighted by Gasteiger charge is -2.17. The van der Waals surface area contributed by atoms with Gasteiger partial charge in [0.15, 0.2) is 0 Å². The van der Waals surface area contributed by atoms with Gasteiger partial charge < -0.3 is 4.90 Å². The molecule has 7 nitrogen and oxygen atoms in total. The molecule has 0 spiro atoms. The van der Waals surface area contributed by atoms with Gasteiger partial charge in [0.2, 0.25) is 11.9 Å². The van der Waals surface area contributed by atoms with Crippen molar-refractivity contribution in [2.24, 2.45) is 5.10 Å². The lowest BCUT2D eigenvalue weighted by atomic mass is 10.2. The molecule has 2 rings (SSSR count). The van der Waals surface area contributed by atoms with E-state index in [0.717, 1.165) is 11.3 Å². The SMILES string of the molecule is Cc1ccc[n+](/N=C/c2ccc(N(C)C)cc2)c1C.[O-][Cl+3]([O-])([O-])[O-]. The van der Waals surface area contributed by atoms with Crippen molar-refractivity contribution in [2.45, 2.75) is 13.8 Å². The highest BCUT2D eigenvalue weighted by molar-refractivity contribution is 5.79. The van der Waals surface area contributed by atoms with Crippen molar-refractivity contribution in [3.63, 3.8) is 0 Å². The van der Waals surface area contributed by atoms with Crippen molar-refractivity contribution in [1.82, 2.24) is 0 Å². The van der Waals surface area contributed by atoms with Gasteiger partial charge in [-0.1, -0.05) is 16.8 Å². The topological polar surface area (TPSA) is 112 Å². The van der Waals surface area contributed by atoms with Crippen LogP contribution in [0.25, 0.3) is 0 Å². The molecule has 0 aliphatic carbocycles. The van der Waals surface area contributed by atoms with E-state index in [0.29, 0.717) is 0 Å². The Morgan fingerprint density at radius 2 is 1.54 bits per heavy atom. The van der Waals surface area contributed by atoms with Crippen LogP contribution < -0.4 is 28.2 Å². The number of aromatic nitrogens is 1. The van der Waals surface area contributed by atoms with E-state index in [2.05, 4.69) is 54.2 Å². The van der Waals surface area contributed by atoms with Gasteiger partial charge in [0.05, 0.1) is 0 Å². The van der Waals surface area contributed by atoms with E-state index in [4.69, 9.17) is 18.6 Å². The number of anilines is 1. The summed E-state index contributed by atoms with van der Waals surface area (Å²) in [5.41, 5.74) is 4.68. The van der Waals surface area contributed by atoms with Gasteiger partial charge in [-0.2, -0.15) is 0 Å². The van der Waals surface area contributed by atoms with E-state index in [9.17, 15) is 0 Å². The molecule has 0 bridgehead atoms. The maximum Gasteiger partial charge on any atom is 0.214 e. The van der Waals surface area contributed by atoms with Crippen LogP contribution in [0.5, 0.6) is 0 Å². The number of aryl methyl sites for hydroxylation is 1. The molecule has 0 aliphatic rings. The standard InChI is InChI=1S/C16H20N3.ClHO4/c1-13-6-5-11-19(14(13)2)17-12-15-7-9-16(10-8-15)18(3)4;2-1(3,4)5/h5-12H,1-4H3;(H,2,3,4,5)/q+1;/p-1/b17-12+;. The number of rotatable bonds is 3. The third-order valence-electron chi connectivity index (χ3n) is 3.23. The highest BCUT2D eigenvalue weighted by Crippen LogP contribution is 2.10. The molecule has 0 N–H and O–H groups in total. The van der Waals surface area contributed by atoms with Crippen LogP contribution in [0, 0.1) is 24.1 Å². The monoisotopic (exact) mass is 353 g/mol. The minimum absolute atomic E-state index is 1.10. The lowest BCUT2D eigenvalue weighted by molar-refractivity contribution is -2.00. The summed E-state index contributed by atoms with van der Waals surface area (Å²) in [5, 5.41) is 4.49. The number of hydrogen-bond donors (Lipinski definition) is 0. The first-order chi connectivity index (χ1) is 11.1. The Hall–Kier alpha value is -2.03. The third kappa shape index (κ3) is 7.49. The molecule has 0 unspecified atom stereocenters. The van der Waals surface area contributed by atoms with Crippen LogP contribution in [-0.2, 0) is 0 Å². The average Bonchev–Trinajstić information content (AvgIpc) is 2.47. The van der Waals surface area contributed by atoms with Crippen molar-refractivity contribution < 1.29 is 33.6 Å². The lowest BCUT2D eigenvalue weighted by Crippen LogP contribution is -2.68. The second kappa shape index (κ2) is 8.72. The average molecular weight is 354 g/mol. The minimum Gasteiger partial charge on any atom is -0.378 e. The molecule has 1 heterocycles. The molecule has 0 atom stereocenters. The molecule has 0 radical (unpaired) electrons. The normalized spacial score (nSPS) is 11.2. The molecule has 24 heavy (non-hydrogen) atoms. The fourth-order valence-electron chi connectivity index (χ4n) is 1.79. The predicted octanol–water partition coefficient (Wildman–Crippen LogP) is -2.22. The van der Waals surface area contributed by atoms with Crippen molar-refractivity contribution >= 4 is 11.9 Å². The number of pyridine rings is 1. The molecule has 0 fully saturated rings. The van der Waals surface area contributed by atoms with Crippen molar-refractivity contribution in [3.8, 4) is 0 Å². The largest absolute Gasteiger partial charge is 0.378 e. The summed E-state index contributed by atoms with van der Waals surface area (Å²) in [5.74, 6) is 0. The third-order valence-corrected chi connectivity index (χ3v) is 3.23. The summed E-state index contributed by atoms with van der Waals surface area (Å²) in [7, 11) is -0.871. The van der Waals surface area contributed by atoms with Crippen LogP contribution in [0.15, 0.2) is 47.7 Å². The molecular weight excluding hydrogens is 334 g/mol. The first kappa shape index (κ1) is 20.0. The van der Waals surface area contributed by atoms with E-state index in [1.54, 1.807) is 0 Å². The summed E-state index contributed by atoms with van der Waals surface area (Å²) in [6.45, 7) is 4.16. The van der Waals surface area contributed by atoms with E-state index < -0.39 is 10.2 Å². The zero-order valence-electron chi connectivity index (χ0n) is 14.0. The quantitative estimate of drug-likeness (QED) is 0.458. The molecule has 0 saturated carbocycles. The maximum atomic E-state index is 8.49. The van der Waals surface area contributed by atoms with Gasteiger partial charge in [0.1, 0.15) is 6.21 Å². The molecule has 1 aromatic carbocycles. The summed E-state index contributed by atoms with van der Waals surface area (Å²) < 4.78 is 35.9. The van der Waals surface area contributed by atoms with Gasteiger partial charge in [0.25, 0.3) is 0 Å². The van der Waals surface area contributed by atoms with Gasteiger partial charge in [-0.05, 0) is 35.8 Å². The van der Waals surface area contributed by atoms with Crippen LogP contribution in [0.2, 0.25) is 0 Å². The Labute approximate surface area is 143 Å². The van der Waals surface area contributed by atoms with E-state index >= 15 is 0 Å². The van der Waals surface area contributed by atoms with Crippen molar-refractivity contribution in [2.75, 3.05) is 19.0 Å². The number of nitrogens with zero attached hydrogens (tertiary/aromatic N) is 3. The first-order valence-electron chi connectivity index (χ1n) is 6.99. The van der Waals surface area contributed by atoms with E-state index in [1.165, 1.54) is 11.3 Å². The Morgan fingerprint density at radius 3 is 2.04 bits per heavy atom. The summed E-state index contributed by atoms with van der Waals surface area (Å²) in [4.78, 5) is 2.08.